The number of benzene rings is 1. The van der Waals surface area contributed by atoms with E-state index >= 15 is 0 Å². The van der Waals surface area contributed by atoms with E-state index in [4.69, 9.17) is 19.5 Å². The third-order valence-corrected chi connectivity index (χ3v) is 3.76. The summed E-state index contributed by atoms with van der Waals surface area (Å²) in [5.41, 5.74) is 2.15. The number of ketones is 1. The van der Waals surface area contributed by atoms with Gasteiger partial charge in [0.15, 0.2) is 18.1 Å². The summed E-state index contributed by atoms with van der Waals surface area (Å²) in [5.74, 6) is -0.104. The van der Waals surface area contributed by atoms with Crippen LogP contribution >= 0.6 is 0 Å². The number of H-pyrrole nitrogens is 1. The Morgan fingerprint density at radius 1 is 1.20 bits per heavy atom. The van der Waals surface area contributed by atoms with Crippen LogP contribution in [0, 0.1) is 25.2 Å². The first kappa shape index (κ1) is 18.1. The van der Waals surface area contributed by atoms with Gasteiger partial charge >= 0.3 is 5.97 Å². The summed E-state index contributed by atoms with van der Waals surface area (Å²) in [6, 6.07) is 6.67. The number of rotatable bonds is 6. The fourth-order valence-electron chi connectivity index (χ4n) is 2.51. The van der Waals surface area contributed by atoms with Crippen LogP contribution in [-0.4, -0.2) is 37.6 Å². The van der Waals surface area contributed by atoms with E-state index in [1.807, 2.05) is 6.07 Å². The number of nitriles is 1. The molecule has 0 saturated heterocycles. The molecular weight excluding hydrogens is 324 g/mol. The van der Waals surface area contributed by atoms with Crippen molar-refractivity contribution in [1.29, 1.82) is 5.26 Å². The minimum Gasteiger partial charge on any atom is -0.493 e. The van der Waals surface area contributed by atoms with E-state index in [2.05, 4.69) is 4.98 Å². The number of ether oxygens (including phenoxy) is 3. The van der Waals surface area contributed by atoms with Crippen molar-refractivity contribution in [3.05, 3.63) is 46.3 Å². The molecule has 0 aliphatic carbocycles. The van der Waals surface area contributed by atoms with E-state index in [0.29, 0.717) is 39.6 Å². The van der Waals surface area contributed by atoms with Crippen LogP contribution in [0.4, 0.5) is 0 Å². The Labute approximate surface area is 145 Å². The maximum absolute atomic E-state index is 12.4. The van der Waals surface area contributed by atoms with Gasteiger partial charge in [-0.3, -0.25) is 4.79 Å². The summed E-state index contributed by atoms with van der Waals surface area (Å²) in [5, 5.41) is 8.90. The van der Waals surface area contributed by atoms with Gasteiger partial charge in [-0.2, -0.15) is 5.26 Å². The molecule has 0 unspecified atom stereocenters. The highest BCUT2D eigenvalue weighted by Gasteiger charge is 2.23. The van der Waals surface area contributed by atoms with Crippen LogP contribution < -0.4 is 9.47 Å². The van der Waals surface area contributed by atoms with Crippen molar-refractivity contribution in [3.8, 4) is 17.6 Å². The Bertz CT molecular complexity index is 861. The molecular formula is C18H18N2O5. The normalized spacial score (nSPS) is 10.0. The number of methoxy groups -OCH3 is 2. The minimum atomic E-state index is -0.500. The Balaban J connectivity index is 2.19. The van der Waals surface area contributed by atoms with Gasteiger partial charge in [-0.1, -0.05) is 0 Å². The number of aromatic nitrogens is 1. The third-order valence-electron chi connectivity index (χ3n) is 3.76. The van der Waals surface area contributed by atoms with E-state index in [1.54, 1.807) is 26.0 Å². The van der Waals surface area contributed by atoms with Crippen LogP contribution in [0.2, 0.25) is 0 Å². The van der Waals surface area contributed by atoms with E-state index in [9.17, 15) is 9.59 Å². The molecule has 130 valence electrons. The SMILES string of the molecule is COC(=O)c1c(C)[nH]c(C(=O)COc2ccc(C#N)cc2OC)c1C. The van der Waals surface area contributed by atoms with Crippen LogP contribution in [0.1, 0.15) is 37.7 Å². The predicted octanol–water partition coefficient (Wildman–Crippen LogP) is 2.56. The molecule has 0 saturated carbocycles. The quantitative estimate of drug-likeness (QED) is 0.639. The van der Waals surface area contributed by atoms with Crippen molar-refractivity contribution in [3.63, 3.8) is 0 Å². The van der Waals surface area contributed by atoms with Gasteiger partial charge in [0, 0.05) is 11.8 Å². The first-order valence-corrected chi connectivity index (χ1v) is 7.44. The van der Waals surface area contributed by atoms with Crippen LogP contribution in [0.5, 0.6) is 11.5 Å². The second kappa shape index (κ2) is 7.53. The van der Waals surface area contributed by atoms with Crippen molar-refractivity contribution in [2.45, 2.75) is 13.8 Å². The highest BCUT2D eigenvalue weighted by molar-refractivity contribution is 6.02. The summed E-state index contributed by atoms with van der Waals surface area (Å²) >= 11 is 0. The number of nitrogens with zero attached hydrogens (tertiary/aromatic N) is 1. The average Bonchev–Trinajstić information content (AvgIpc) is 2.93. The number of carbonyl (C=O) groups excluding carboxylic acids is 2. The number of carbonyl (C=O) groups is 2. The lowest BCUT2D eigenvalue weighted by Gasteiger charge is -2.10. The maximum atomic E-state index is 12.4. The topological polar surface area (TPSA) is 101 Å². The second-order valence-corrected chi connectivity index (χ2v) is 5.31. The fraction of sp³-hybridized carbons (Fsp3) is 0.278. The van der Waals surface area contributed by atoms with E-state index in [1.165, 1.54) is 20.3 Å². The monoisotopic (exact) mass is 342 g/mol. The van der Waals surface area contributed by atoms with E-state index < -0.39 is 5.97 Å². The molecule has 0 aliphatic heterocycles. The summed E-state index contributed by atoms with van der Waals surface area (Å²) in [6.07, 6.45) is 0. The molecule has 1 heterocycles. The van der Waals surface area contributed by atoms with E-state index in [0.717, 1.165) is 0 Å². The van der Waals surface area contributed by atoms with Crippen molar-refractivity contribution in [2.75, 3.05) is 20.8 Å². The Hall–Kier alpha value is -3.27. The van der Waals surface area contributed by atoms with Crippen molar-refractivity contribution in [1.82, 2.24) is 4.98 Å². The molecule has 7 heteroatoms. The number of Topliss-reactive ketones (excluding diaryl/α,β-unsaturated/α-hetero) is 1. The predicted molar refractivity (Wildman–Crippen MR) is 89.1 cm³/mol. The van der Waals surface area contributed by atoms with Crippen LogP contribution in [0.15, 0.2) is 18.2 Å². The van der Waals surface area contributed by atoms with Crippen LogP contribution in [0.3, 0.4) is 0 Å². The largest absolute Gasteiger partial charge is 0.493 e. The molecule has 0 radical (unpaired) electrons. The molecule has 1 aromatic carbocycles. The van der Waals surface area contributed by atoms with Crippen LogP contribution in [-0.2, 0) is 4.74 Å². The molecule has 0 spiro atoms. The second-order valence-electron chi connectivity index (χ2n) is 5.31. The molecule has 0 fully saturated rings. The molecule has 2 rings (SSSR count). The Kier molecular flexibility index (Phi) is 5.45. The minimum absolute atomic E-state index is 0.246. The first-order valence-electron chi connectivity index (χ1n) is 7.44. The Morgan fingerprint density at radius 2 is 1.92 bits per heavy atom. The lowest BCUT2D eigenvalue weighted by Crippen LogP contribution is -2.14. The zero-order valence-electron chi connectivity index (χ0n) is 14.4. The highest BCUT2D eigenvalue weighted by atomic mass is 16.5. The summed E-state index contributed by atoms with van der Waals surface area (Å²) in [6.45, 7) is 3.12. The fourth-order valence-corrected chi connectivity index (χ4v) is 2.51. The highest BCUT2D eigenvalue weighted by Crippen LogP contribution is 2.28. The average molecular weight is 342 g/mol. The third kappa shape index (κ3) is 3.63. The number of aryl methyl sites for hydroxylation is 1. The summed E-state index contributed by atoms with van der Waals surface area (Å²) in [4.78, 5) is 27.1. The standard InChI is InChI=1S/C18H18N2O5/c1-10-16(18(22)24-4)11(2)20-17(10)13(21)9-25-14-6-5-12(8-19)7-15(14)23-3/h5-7,20H,9H2,1-4H3. The van der Waals surface area contributed by atoms with Gasteiger partial charge in [-0.05, 0) is 31.5 Å². The molecule has 7 nitrogen and oxygen atoms in total. The van der Waals surface area contributed by atoms with Gasteiger partial charge in [0.25, 0.3) is 0 Å². The van der Waals surface area contributed by atoms with Crippen molar-refractivity contribution < 1.29 is 23.8 Å². The van der Waals surface area contributed by atoms with Gasteiger partial charge in [-0.25, -0.2) is 4.79 Å². The number of esters is 1. The number of aromatic amines is 1. The maximum Gasteiger partial charge on any atom is 0.339 e. The van der Waals surface area contributed by atoms with Gasteiger partial charge in [0.05, 0.1) is 37.1 Å². The molecule has 25 heavy (non-hydrogen) atoms. The molecule has 0 amide bonds. The Morgan fingerprint density at radius 3 is 2.52 bits per heavy atom. The molecule has 1 N–H and O–H groups in total. The number of nitrogens with one attached hydrogen (secondary N) is 1. The van der Waals surface area contributed by atoms with Gasteiger partial charge in [0.2, 0.25) is 5.78 Å². The smallest absolute Gasteiger partial charge is 0.339 e. The summed E-state index contributed by atoms with van der Waals surface area (Å²) in [7, 11) is 2.74. The van der Waals surface area contributed by atoms with Gasteiger partial charge < -0.3 is 19.2 Å². The summed E-state index contributed by atoms with van der Waals surface area (Å²) < 4.78 is 15.4. The van der Waals surface area contributed by atoms with Crippen molar-refractivity contribution in [2.24, 2.45) is 0 Å². The van der Waals surface area contributed by atoms with E-state index in [-0.39, 0.29) is 12.4 Å². The zero-order valence-corrected chi connectivity index (χ0v) is 14.4. The lowest BCUT2D eigenvalue weighted by atomic mass is 10.1. The van der Waals surface area contributed by atoms with Crippen molar-refractivity contribution >= 4 is 11.8 Å². The molecule has 0 atom stereocenters. The lowest BCUT2D eigenvalue weighted by molar-refractivity contribution is 0.0599. The molecule has 2 aromatic rings. The van der Waals surface area contributed by atoms with Crippen LogP contribution in [0.25, 0.3) is 0 Å². The molecule has 0 bridgehead atoms. The number of hydrogen-bond donors (Lipinski definition) is 1. The van der Waals surface area contributed by atoms with Gasteiger partial charge in [-0.15, -0.1) is 0 Å². The first-order chi connectivity index (χ1) is 11.9. The number of hydrogen-bond acceptors (Lipinski definition) is 6. The molecule has 1 aromatic heterocycles. The molecule has 0 aliphatic rings. The zero-order chi connectivity index (χ0) is 18.6. The van der Waals surface area contributed by atoms with Gasteiger partial charge in [0.1, 0.15) is 0 Å².